The van der Waals surface area contributed by atoms with Crippen LogP contribution in [-0.2, 0) is 0 Å². The van der Waals surface area contributed by atoms with Gasteiger partial charge in [0.25, 0.3) is 0 Å². The van der Waals surface area contributed by atoms with Crippen molar-refractivity contribution in [2.75, 3.05) is 0 Å². The van der Waals surface area contributed by atoms with Crippen LogP contribution >= 0.6 is 28.1 Å². The van der Waals surface area contributed by atoms with Crippen LogP contribution in [0.2, 0.25) is 0 Å². The summed E-state index contributed by atoms with van der Waals surface area (Å²) in [6.45, 7) is 1.94. The molecule has 2 heterocycles. The molecule has 0 aliphatic rings. The Morgan fingerprint density at radius 1 is 1.35 bits per heavy atom. The number of aromatic amines is 1. The number of imidazole rings is 1. The molecule has 3 rings (SSSR count). The molecule has 0 bridgehead atoms. The molecule has 1 aromatic carbocycles. The Bertz CT molecular complexity index is 917. The van der Waals surface area contributed by atoms with Crippen LogP contribution in [0.5, 0.6) is 0 Å². The van der Waals surface area contributed by atoms with Crippen LogP contribution < -0.4 is 0 Å². The molecule has 4 nitrogen and oxygen atoms in total. The van der Waals surface area contributed by atoms with Crippen molar-refractivity contribution in [3.8, 4) is 11.8 Å². The molecule has 0 aliphatic heterocycles. The minimum absolute atomic E-state index is 0.573. The van der Waals surface area contributed by atoms with Crippen LogP contribution in [0.25, 0.3) is 16.9 Å². The fourth-order valence-electron chi connectivity index (χ4n) is 2.06. The zero-order valence-electron chi connectivity index (χ0n) is 10.5. The first kappa shape index (κ1) is 13.0. The van der Waals surface area contributed by atoms with Gasteiger partial charge in [0.05, 0.1) is 22.8 Å². The third-order valence-corrected chi connectivity index (χ3v) is 3.91. The fourth-order valence-corrected chi connectivity index (χ4v) is 2.91. The summed E-state index contributed by atoms with van der Waals surface area (Å²) in [6.07, 6.45) is 0. The monoisotopic (exact) mass is 344 g/mol. The number of pyridine rings is 1. The molecule has 2 aromatic heterocycles. The number of fused-ring (bicyclic) bond motifs is 1. The van der Waals surface area contributed by atoms with Crippen LogP contribution in [-0.4, -0.2) is 14.5 Å². The van der Waals surface area contributed by atoms with Crippen molar-refractivity contribution in [2.45, 2.75) is 6.92 Å². The molecule has 6 heteroatoms. The smallest absolute Gasteiger partial charge is 0.184 e. The van der Waals surface area contributed by atoms with Gasteiger partial charge in [-0.25, -0.2) is 4.98 Å². The first-order chi connectivity index (χ1) is 9.60. The van der Waals surface area contributed by atoms with Crippen molar-refractivity contribution >= 4 is 39.3 Å². The average molecular weight is 345 g/mol. The maximum absolute atomic E-state index is 8.93. The van der Waals surface area contributed by atoms with Gasteiger partial charge in [-0.3, -0.25) is 4.57 Å². The maximum atomic E-state index is 8.93. The van der Waals surface area contributed by atoms with Gasteiger partial charge in [0, 0.05) is 10.2 Å². The molecule has 0 amide bonds. The van der Waals surface area contributed by atoms with E-state index >= 15 is 0 Å². The molecule has 1 N–H and O–H groups in total. The Balaban J connectivity index is 2.35. The van der Waals surface area contributed by atoms with Crippen LogP contribution in [0.1, 0.15) is 11.3 Å². The van der Waals surface area contributed by atoms with Crippen LogP contribution in [0.3, 0.4) is 0 Å². The minimum Gasteiger partial charge on any atom is -0.329 e. The van der Waals surface area contributed by atoms with Crippen molar-refractivity contribution in [1.29, 1.82) is 5.26 Å². The topological polar surface area (TPSA) is 57.4 Å². The summed E-state index contributed by atoms with van der Waals surface area (Å²) in [5.41, 5.74) is 4.04. The number of hydrogen-bond donors (Lipinski definition) is 1. The SMILES string of the molecule is Cc1ccc2[nH]c(=S)n(-c3ccc(C#N)cc3Br)c2n1. The number of hydrogen-bond acceptors (Lipinski definition) is 3. The Morgan fingerprint density at radius 2 is 2.15 bits per heavy atom. The number of H-pyrrole nitrogens is 1. The van der Waals surface area contributed by atoms with Gasteiger partial charge >= 0.3 is 0 Å². The van der Waals surface area contributed by atoms with E-state index in [-0.39, 0.29) is 0 Å². The van der Waals surface area contributed by atoms with Gasteiger partial charge in [-0.1, -0.05) is 0 Å². The predicted octanol–water partition coefficient (Wildman–Crippen LogP) is 4.03. The maximum Gasteiger partial charge on any atom is 0.184 e. The predicted molar refractivity (Wildman–Crippen MR) is 83.4 cm³/mol. The molecule has 0 unspecified atom stereocenters. The van der Waals surface area contributed by atoms with E-state index in [1.807, 2.05) is 29.7 Å². The molecule has 0 saturated heterocycles. The second-order valence-corrected chi connectivity index (χ2v) is 5.61. The Hall–Kier alpha value is -1.97. The standard InChI is InChI=1S/C14H9BrN4S/c1-8-2-4-11-13(17-8)19(14(20)18-11)12-5-3-9(7-16)6-10(12)15/h2-6H,1H3,(H,18,20). The van der Waals surface area contributed by atoms with E-state index in [4.69, 9.17) is 17.5 Å². The molecule has 0 fully saturated rings. The van der Waals surface area contributed by atoms with E-state index in [0.29, 0.717) is 10.3 Å². The van der Waals surface area contributed by atoms with Crippen molar-refractivity contribution in [2.24, 2.45) is 0 Å². The van der Waals surface area contributed by atoms with Gasteiger partial charge in [-0.15, -0.1) is 0 Å². The fraction of sp³-hybridized carbons (Fsp3) is 0.0714. The van der Waals surface area contributed by atoms with Crippen molar-refractivity contribution < 1.29 is 0 Å². The summed E-state index contributed by atoms with van der Waals surface area (Å²) >= 11 is 8.87. The Labute approximate surface area is 128 Å². The lowest BCUT2D eigenvalue weighted by atomic mass is 10.2. The number of aryl methyl sites for hydroxylation is 1. The lowest BCUT2D eigenvalue weighted by molar-refractivity contribution is 1.03. The van der Waals surface area contributed by atoms with Gasteiger partial charge in [-0.2, -0.15) is 5.26 Å². The van der Waals surface area contributed by atoms with Gasteiger partial charge in [0.1, 0.15) is 0 Å². The summed E-state index contributed by atoms with van der Waals surface area (Å²) in [5.74, 6) is 0. The van der Waals surface area contributed by atoms with Crippen LogP contribution in [0, 0.1) is 23.0 Å². The Morgan fingerprint density at radius 3 is 2.85 bits per heavy atom. The highest BCUT2D eigenvalue weighted by Gasteiger charge is 2.11. The van der Waals surface area contributed by atoms with Crippen LogP contribution in [0.15, 0.2) is 34.8 Å². The van der Waals surface area contributed by atoms with Gasteiger partial charge in [-0.05, 0) is 65.4 Å². The third kappa shape index (κ3) is 2.05. The molecule has 0 spiro atoms. The number of rotatable bonds is 1. The van der Waals surface area contributed by atoms with Crippen molar-refractivity contribution in [3.05, 3.63) is 50.8 Å². The molecule has 0 aliphatic carbocycles. The molecule has 0 saturated carbocycles. The highest BCUT2D eigenvalue weighted by Crippen LogP contribution is 2.26. The number of benzene rings is 1. The van der Waals surface area contributed by atoms with Gasteiger partial charge in [0.15, 0.2) is 10.4 Å². The summed E-state index contributed by atoms with van der Waals surface area (Å²) in [5, 5.41) is 8.93. The van der Waals surface area contributed by atoms with E-state index in [0.717, 1.165) is 27.0 Å². The normalized spacial score (nSPS) is 10.7. The van der Waals surface area contributed by atoms with Crippen LogP contribution in [0.4, 0.5) is 0 Å². The summed E-state index contributed by atoms with van der Waals surface area (Å²) in [6, 6.07) is 11.4. The first-order valence-electron chi connectivity index (χ1n) is 5.88. The average Bonchev–Trinajstić information content (AvgIpc) is 2.74. The number of nitrogens with one attached hydrogen (secondary N) is 1. The summed E-state index contributed by atoms with van der Waals surface area (Å²) in [7, 11) is 0. The molecule has 0 radical (unpaired) electrons. The number of aromatic nitrogens is 3. The molecule has 0 atom stereocenters. The Kier molecular flexibility index (Phi) is 3.16. The minimum atomic E-state index is 0.573. The van der Waals surface area contributed by atoms with Gasteiger partial charge in [0.2, 0.25) is 0 Å². The molecule has 20 heavy (non-hydrogen) atoms. The summed E-state index contributed by atoms with van der Waals surface area (Å²) < 4.78 is 3.24. The largest absolute Gasteiger partial charge is 0.329 e. The summed E-state index contributed by atoms with van der Waals surface area (Å²) in [4.78, 5) is 7.67. The zero-order chi connectivity index (χ0) is 14.3. The number of halogens is 1. The quantitative estimate of drug-likeness (QED) is 0.678. The molecule has 3 aromatic rings. The van der Waals surface area contributed by atoms with E-state index in [1.165, 1.54) is 0 Å². The van der Waals surface area contributed by atoms with E-state index < -0.39 is 0 Å². The lowest BCUT2D eigenvalue weighted by Crippen LogP contribution is -1.98. The molecular weight excluding hydrogens is 336 g/mol. The van der Waals surface area contributed by atoms with Crippen molar-refractivity contribution in [1.82, 2.24) is 14.5 Å². The number of nitriles is 1. The van der Waals surface area contributed by atoms with Gasteiger partial charge < -0.3 is 4.98 Å². The highest BCUT2D eigenvalue weighted by molar-refractivity contribution is 9.10. The lowest BCUT2D eigenvalue weighted by Gasteiger charge is -2.07. The second kappa shape index (κ2) is 4.85. The molecular formula is C14H9BrN4S. The third-order valence-electron chi connectivity index (χ3n) is 2.99. The van der Waals surface area contributed by atoms with E-state index in [2.05, 4.69) is 32.0 Å². The highest BCUT2D eigenvalue weighted by atomic mass is 79.9. The first-order valence-corrected chi connectivity index (χ1v) is 7.08. The number of nitrogens with zero attached hydrogens (tertiary/aromatic N) is 3. The second-order valence-electron chi connectivity index (χ2n) is 4.37. The van der Waals surface area contributed by atoms with E-state index in [9.17, 15) is 0 Å². The van der Waals surface area contributed by atoms with E-state index in [1.54, 1.807) is 12.1 Å². The van der Waals surface area contributed by atoms with Crippen molar-refractivity contribution in [3.63, 3.8) is 0 Å². The molecule has 98 valence electrons. The zero-order valence-corrected chi connectivity index (χ0v) is 12.9.